The third-order valence-electron chi connectivity index (χ3n) is 4.72. The molecule has 10 heteroatoms. The van der Waals surface area contributed by atoms with Crippen LogP contribution in [0.5, 0.6) is 0 Å². The minimum absolute atomic E-state index is 0.136. The molecule has 0 aliphatic carbocycles. The maximum absolute atomic E-state index is 13.0. The van der Waals surface area contributed by atoms with E-state index in [0.717, 1.165) is 11.8 Å². The third kappa shape index (κ3) is 4.15. The van der Waals surface area contributed by atoms with Crippen molar-refractivity contribution in [3.8, 4) is 11.3 Å². The molecule has 0 spiro atoms. The molecule has 3 aromatic rings. The Morgan fingerprint density at radius 3 is 2.61 bits per heavy atom. The maximum atomic E-state index is 13.0. The summed E-state index contributed by atoms with van der Waals surface area (Å²) in [6, 6.07) is 13.8. The van der Waals surface area contributed by atoms with Gasteiger partial charge in [0.2, 0.25) is 5.91 Å². The van der Waals surface area contributed by atoms with Crippen molar-refractivity contribution in [2.24, 2.45) is 0 Å². The zero-order chi connectivity index (χ0) is 22.0. The van der Waals surface area contributed by atoms with Crippen LogP contribution in [0.2, 0.25) is 0 Å². The molecule has 4 amide bonds. The number of aromatic nitrogens is 1. The topological polar surface area (TPSA) is 105 Å². The molecule has 1 aliphatic heterocycles. The summed E-state index contributed by atoms with van der Waals surface area (Å²) < 4.78 is 18.6. The fourth-order valence-corrected chi connectivity index (χ4v) is 3.66. The highest BCUT2D eigenvalue weighted by Crippen LogP contribution is 2.28. The summed E-state index contributed by atoms with van der Waals surface area (Å²) in [5.74, 6) is -1.24. The Bertz CT molecular complexity index is 1140. The van der Waals surface area contributed by atoms with Gasteiger partial charge in [-0.1, -0.05) is 42.1 Å². The van der Waals surface area contributed by atoms with Crippen molar-refractivity contribution in [1.29, 1.82) is 0 Å². The van der Waals surface area contributed by atoms with E-state index in [9.17, 15) is 18.8 Å². The summed E-state index contributed by atoms with van der Waals surface area (Å²) in [7, 11) is 0. The van der Waals surface area contributed by atoms with Gasteiger partial charge in [-0.3, -0.25) is 15.0 Å². The highest BCUT2D eigenvalue weighted by molar-refractivity contribution is 7.99. The Morgan fingerprint density at radius 1 is 1.19 bits per heavy atom. The first-order chi connectivity index (χ1) is 14.9. The smallest absolute Gasteiger partial charge is 0.344 e. The molecule has 4 rings (SSSR count). The Hall–Kier alpha value is -3.66. The largest absolute Gasteiger partial charge is 0.431 e. The molecule has 1 aromatic heterocycles. The van der Waals surface area contributed by atoms with E-state index >= 15 is 0 Å². The number of urea groups is 1. The van der Waals surface area contributed by atoms with E-state index in [4.69, 9.17) is 4.42 Å². The lowest BCUT2D eigenvalue weighted by Crippen LogP contribution is -2.48. The van der Waals surface area contributed by atoms with E-state index in [1.807, 2.05) is 0 Å². The second-order valence-electron chi connectivity index (χ2n) is 6.88. The summed E-state index contributed by atoms with van der Waals surface area (Å²) >= 11 is 0.996. The minimum Gasteiger partial charge on any atom is -0.431 e. The third-order valence-corrected chi connectivity index (χ3v) is 5.56. The van der Waals surface area contributed by atoms with E-state index in [2.05, 4.69) is 15.7 Å². The van der Waals surface area contributed by atoms with Crippen LogP contribution in [-0.2, 0) is 15.1 Å². The van der Waals surface area contributed by atoms with Gasteiger partial charge in [0.15, 0.2) is 5.76 Å². The molecule has 8 nitrogen and oxygen atoms in total. The lowest BCUT2D eigenvalue weighted by atomic mass is 9.92. The van der Waals surface area contributed by atoms with Gasteiger partial charge >= 0.3 is 6.03 Å². The van der Waals surface area contributed by atoms with Gasteiger partial charge in [0, 0.05) is 5.56 Å². The number of benzene rings is 2. The van der Waals surface area contributed by atoms with E-state index < -0.39 is 23.4 Å². The second-order valence-corrected chi connectivity index (χ2v) is 7.81. The van der Waals surface area contributed by atoms with Crippen LogP contribution in [0.15, 0.2) is 70.4 Å². The van der Waals surface area contributed by atoms with Gasteiger partial charge in [-0.15, -0.1) is 0 Å². The van der Waals surface area contributed by atoms with Crippen LogP contribution in [0.3, 0.4) is 0 Å². The van der Waals surface area contributed by atoms with Crippen molar-refractivity contribution < 1.29 is 23.2 Å². The highest BCUT2D eigenvalue weighted by atomic mass is 32.2. The first-order valence-corrected chi connectivity index (χ1v) is 10.2. The Labute approximate surface area is 180 Å². The minimum atomic E-state index is -1.27. The van der Waals surface area contributed by atoms with Crippen LogP contribution in [-0.4, -0.2) is 33.6 Å². The highest BCUT2D eigenvalue weighted by Gasteiger charge is 2.49. The molecule has 1 atom stereocenters. The van der Waals surface area contributed by atoms with Crippen molar-refractivity contribution in [1.82, 2.24) is 20.7 Å². The number of imide groups is 1. The van der Waals surface area contributed by atoms with Crippen LogP contribution < -0.4 is 10.7 Å². The van der Waals surface area contributed by atoms with Gasteiger partial charge in [-0.25, -0.2) is 14.2 Å². The molecule has 0 radical (unpaired) electrons. The number of thioether (sulfide) groups is 1. The van der Waals surface area contributed by atoms with Crippen molar-refractivity contribution in [2.45, 2.75) is 17.7 Å². The quantitative estimate of drug-likeness (QED) is 0.451. The molecule has 1 fully saturated rings. The van der Waals surface area contributed by atoms with E-state index in [1.165, 1.54) is 18.3 Å². The van der Waals surface area contributed by atoms with Gasteiger partial charge in [-0.2, -0.15) is 5.01 Å². The molecule has 0 saturated carbocycles. The van der Waals surface area contributed by atoms with Gasteiger partial charge in [-0.05, 0) is 36.8 Å². The van der Waals surface area contributed by atoms with Gasteiger partial charge in [0.25, 0.3) is 11.1 Å². The number of carbonyl (C=O) groups is 3. The fourth-order valence-electron chi connectivity index (χ4n) is 3.06. The standard InChI is InChI=1S/C21H17FN4O4S/c1-21(14-5-3-2-4-6-14)18(28)26(19(29)24-21)25-17(27)12-31-20-23-11-16(30-20)13-7-9-15(22)10-8-13/h2-11H,12H2,1H3,(H,24,29)(H,25,27). The molecule has 1 saturated heterocycles. The predicted molar refractivity (Wildman–Crippen MR) is 110 cm³/mol. The van der Waals surface area contributed by atoms with Gasteiger partial charge in [0.05, 0.1) is 11.9 Å². The van der Waals surface area contributed by atoms with E-state index in [0.29, 0.717) is 21.9 Å². The van der Waals surface area contributed by atoms with E-state index in [-0.39, 0.29) is 16.8 Å². The molecule has 31 heavy (non-hydrogen) atoms. The number of hydrogen-bond donors (Lipinski definition) is 2. The SMILES string of the molecule is CC1(c2ccccc2)NC(=O)N(NC(=O)CSc2ncc(-c3ccc(F)cc3)o2)C1=O. The summed E-state index contributed by atoms with van der Waals surface area (Å²) in [5, 5.41) is 3.51. The monoisotopic (exact) mass is 440 g/mol. The number of carbonyl (C=O) groups excluding carboxylic acids is 3. The van der Waals surface area contributed by atoms with Crippen LogP contribution in [0.25, 0.3) is 11.3 Å². The Balaban J connectivity index is 1.37. The first-order valence-electron chi connectivity index (χ1n) is 9.23. The van der Waals surface area contributed by atoms with Crippen molar-refractivity contribution in [3.63, 3.8) is 0 Å². The molecule has 2 N–H and O–H groups in total. The molecule has 2 aromatic carbocycles. The summed E-state index contributed by atoms with van der Waals surface area (Å²) in [6.07, 6.45) is 1.47. The Kier molecular flexibility index (Phi) is 5.47. The summed E-state index contributed by atoms with van der Waals surface area (Å²) in [6.45, 7) is 1.58. The van der Waals surface area contributed by atoms with Crippen LogP contribution >= 0.6 is 11.8 Å². The molecular formula is C21H17FN4O4S. The number of halogens is 1. The lowest BCUT2D eigenvalue weighted by Gasteiger charge is -2.22. The van der Waals surface area contributed by atoms with Gasteiger partial charge < -0.3 is 9.73 Å². The molecule has 1 aliphatic rings. The summed E-state index contributed by atoms with van der Waals surface area (Å²) in [5.41, 5.74) is 2.29. The second kappa shape index (κ2) is 8.23. The zero-order valence-corrected chi connectivity index (χ0v) is 17.1. The molecule has 2 heterocycles. The number of hydrazine groups is 1. The lowest BCUT2D eigenvalue weighted by molar-refractivity contribution is -0.138. The predicted octanol–water partition coefficient (Wildman–Crippen LogP) is 3.07. The van der Waals surface area contributed by atoms with Crippen molar-refractivity contribution in [2.75, 3.05) is 5.75 Å². The summed E-state index contributed by atoms with van der Waals surface area (Å²) in [4.78, 5) is 41.5. The van der Waals surface area contributed by atoms with Crippen molar-refractivity contribution >= 4 is 29.6 Å². The number of hydrogen-bond acceptors (Lipinski definition) is 6. The zero-order valence-electron chi connectivity index (χ0n) is 16.3. The number of nitrogens with one attached hydrogen (secondary N) is 2. The van der Waals surface area contributed by atoms with Crippen LogP contribution in [0.4, 0.5) is 9.18 Å². The normalized spacial score (nSPS) is 18.2. The van der Waals surface area contributed by atoms with Gasteiger partial charge in [0.1, 0.15) is 11.4 Å². The average molecular weight is 440 g/mol. The number of rotatable bonds is 6. The first kappa shape index (κ1) is 20.6. The van der Waals surface area contributed by atoms with Crippen molar-refractivity contribution in [3.05, 3.63) is 72.2 Å². The fraction of sp³-hybridized carbons (Fsp3) is 0.143. The molecule has 0 bridgehead atoms. The number of amides is 4. The van der Waals surface area contributed by atoms with Crippen LogP contribution in [0, 0.1) is 5.82 Å². The van der Waals surface area contributed by atoms with Crippen LogP contribution in [0.1, 0.15) is 12.5 Å². The average Bonchev–Trinajstić information content (AvgIpc) is 3.33. The molecular weight excluding hydrogens is 423 g/mol. The Morgan fingerprint density at radius 2 is 1.90 bits per heavy atom. The number of oxazole rings is 1. The molecule has 1 unspecified atom stereocenters. The maximum Gasteiger partial charge on any atom is 0.344 e. The molecule has 158 valence electrons. The number of nitrogens with zero attached hydrogens (tertiary/aromatic N) is 2. The van der Waals surface area contributed by atoms with E-state index in [1.54, 1.807) is 49.4 Å².